The van der Waals surface area contributed by atoms with Gasteiger partial charge in [-0.05, 0) is 41.7 Å². The van der Waals surface area contributed by atoms with Gasteiger partial charge in [-0.2, -0.15) is 0 Å². The fraction of sp³-hybridized carbons (Fsp3) is 0.357. The lowest BCUT2D eigenvalue weighted by Gasteiger charge is -2.42. The van der Waals surface area contributed by atoms with E-state index < -0.39 is 23.6 Å². The number of Topliss-reactive ketones (excluding diaryl/α,β-unsaturated/α-hetero) is 1. The first kappa shape index (κ1) is 25.8. The van der Waals surface area contributed by atoms with Crippen LogP contribution in [0.2, 0.25) is 5.02 Å². The molecule has 6 nitrogen and oxygen atoms in total. The molecule has 190 valence electrons. The summed E-state index contributed by atoms with van der Waals surface area (Å²) in [6, 6.07) is 9.60. The van der Waals surface area contributed by atoms with Crippen molar-refractivity contribution < 1.29 is 28.2 Å². The zero-order chi connectivity index (χ0) is 26.2. The fourth-order valence-corrected chi connectivity index (χ4v) is 5.21. The second kappa shape index (κ2) is 9.97. The molecule has 0 aromatic heterocycles. The average molecular weight is 514 g/mol. The van der Waals surface area contributed by atoms with Crippen LogP contribution in [-0.4, -0.2) is 26.0 Å². The van der Waals surface area contributed by atoms with Crippen LogP contribution >= 0.6 is 11.6 Å². The number of hydrogen-bond donors (Lipinski definition) is 1. The molecule has 0 amide bonds. The summed E-state index contributed by atoms with van der Waals surface area (Å²) in [6.07, 6.45) is 1.04. The number of benzene rings is 2. The van der Waals surface area contributed by atoms with E-state index in [-0.39, 0.29) is 22.8 Å². The van der Waals surface area contributed by atoms with Crippen LogP contribution in [0.4, 0.5) is 4.39 Å². The lowest BCUT2D eigenvalue weighted by Crippen LogP contribution is -2.43. The number of carbonyl (C=O) groups is 2. The summed E-state index contributed by atoms with van der Waals surface area (Å²) in [6.45, 7) is 8.29. The van der Waals surface area contributed by atoms with Crippen molar-refractivity contribution >= 4 is 23.4 Å². The van der Waals surface area contributed by atoms with E-state index in [0.29, 0.717) is 41.2 Å². The predicted octanol–water partition coefficient (Wildman–Crippen LogP) is 5.70. The molecule has 8 heteroatoms. The van der Waals surface area contributed by atoms with Gasteiger partial charge in [0.2, 0.25) is 0 Å². The van der Waals surface area contributed by atoms with E-state index in [9.17, 15) is 14.0 Å². The molecule has 2 aromatic carbocycles. The average Bonchev–Trinajstić information content (AvgIpc) is 2.82. The molecule has 2 atom stereocenters. The number of ketones is 1. The van der Waals surface area contributed by atoms with Crippen molar-refractivity contribution in [2.45, 2.75) is 39.2 Å². The van der Waals surface area contributed by atoms with E-state index in [0.717, 1.165) is 11.3 Å². The van der Waals surface area contributed by atoms with E-state index in [1.807, 2.05) is 26.0 Å². The molecule has 0 bridgehead atoms. The lowest BCUT2D eigenvalue weighted by atomic mass is 9.66. The van der Waals surface area contributed by atoms with E-state index in [2.05, 4.69) is 11.9 Å². The maximum atomic E-state index is 13.5. The SMILES string of the molecule is C=C1NC2=C(C(=O)CC(C)(C)C2)C(c2ccc(OC)c(COc3ccc(F)c(Cl)c3)c2)C1C(=O)OC. The zero-order valence-electron chi connectivity index (χ0n) is 20.7. The van der Waals surface area contributed by atoms with E-state index in [4.69, 9.17) is 25.8 Å². The molecule has 36 heavy (non-hydrogen) atoms. The van der Waals surface area contributed by atoms with Crippen molar-refractivity contribution in [1.29, 1.82) is 0 Å². The minimum atomic E-state index is -0.781. The van der Waals surface area contributed by atoms with Crippen LogP contribution in [0.15, 0.2) is 59.9 Å². The molecule has 1 aliphatic heterocycles. The highest BCUT2D eigenvalue weighted by Crippen LogP contribution is 2.48. The summed E-state index contributed by atoms with van der Waals surface area (Å²) in [7, 11) is 2.87. The molecule has 0 fully saturated rings. The van der Waals surface area contributed by atoms with Crippen LogP contribution in [0.5, 0.6) is 11.5 Å². The maximum Gasteiger partial charge on any atom is 0.315 e. The number of halogens is 2. The largest absolute Gasteiger partial charge is 0.496 e. The van der Waals surface area contributed by atoms with Gasteiger partial charge in [0.25, 0.3) is 0 Å². The van der Waals surface area contributed by atoms with Gasteiger partial charge in [0.05, 0.1) is 19.2 Å². The molecule has 0 radical (unpaired) electrons. The van der Waals surface area contributed by atoms with Crippen molar-refractivity contribution in [1.82, 2.24) is 5.32 Å². The molecule has 1 N–H and O–H groups in total. The highest BCUT2D eigenvalue weighted by Gasteiger charge is 2.46. The number of esters is 1. The Hall–Kier alpha value is -3.32. The number of allylic oxidation sites excluding steroid dienone is 2. The van der Waals surface area contributed by atoms with Crippen LogP contribution in [0, 0.1) is 17.2 Å². The maximum absolute atomic E-state index is 13.5. The van der Waals surface area contributed by atoms with Crippen LogP contribution in [0.1, 0.15) is 43.7 Å². The minimum absolute atomic E-state index is 0.00488. The molecule has 1 heterocycles. The topological polar surface area (TPSA) is 73.9 Å². The molecular weight excluding hydrogens is 485 g/mol. The third kappa shape index (κ3) is 4.98. The summed E-state index contributed by atoms with van der Waals surface area (Å²) in [4.78, 5) is 26.3. The Bertz CT molecular complexity index is 1270. The van der Waals surface area contributed by atoms with Crippen molar-refractivity contribution in [2.75, 3.05) is 14.2 Å². The first-order valence-electron chi connectivity index (χ1n) is 11.6. The quantitative estimate of drug-likeness (QED) is 0.499. The second-order valence-corrected chi connectivity index (χ2v) is 10.3. The smallest absolute Gasteiger partial charge is 0.315 e. The normalized spacial score (nSPS) is 20.9. The predicted molar refractivity (Wildman–Crippen MR) is 134 cm³/mol. The van der Waals surface area contributed by atoms with Crippen LogP contribution in [0.25, 0.3) is 0 Å². The third-order valence-electron chi connectivity index (χ3n) is 6.66. The molecule has 4 rings (SSSR count). The standard InChI is InChI=1S/C28H29ClFNO5/c1-15-24(27(33)35-5)25(26-21(31-15)12-28(2,3)13-22(26)32)16-6-9-23(34-4)17(10-16)14-36-18-7-8-20(30)19(29)11-18/h6-11,24-25,31H,1,12-14H2,2-5H3. The summed E-state index contributed by atoms with van der Waals surface area (Å²) in [5, 5.41) is 3.19. The highest BCUT2D eigenvalue weighted by molar-refractivity contribution is 6.30. The molecule has 0 saturated heterocycles. The van der Waals surface area contributed by atoms with Gasteiger partial charge in [-0.25, -0.2) is 4.39 Å². The number of carbonyl (C=O) groups excluding carboxylic acids is 2. The number of rotatable bonds is 6. The van der Waals surface area contributed by atoms with Gasteiger partial charge < -0.3 is 19.5 Å². The zero-order valence-corrected chi connectivity index (χ0v) is 21.5. The Balaban J connectivity index is 1.77. The van der Waals surface area contributed by atoms with E-state index >= 15 is 0 Å². The van der Waals surface area contributed by atoms with Gasteiger partial charge in [-0.15, -0.1) is 0 Å². The van der Waals surface area contributed by atoms with E-state index in [1.54, 1.807) is 13.2 Å². The van der Waals surface area contributed by atoms with Crippen LogP contribution < -0.4 is 14.8 Å². The third-order valence-corrected chi connectivity index (χ3v) is 6.94. The van der Waals surface area contributed by atoms with Crippen molar-refractivity contribution in [3.63, 3.8) is 0 Å². The van der Waals surface area contributed by atoms with Crippen molar-refractivity contribution in [3.05, 3.63) is 81.9 Å². The molecule has 2 aromatic rings. The van der Waals surface area contributed by atoms with Crippen LogP contribution in [0.3, 0.4) is 0 Å². The number of methoxy groups -OCH3 is 2. The van der Waals surface area contributed by atoms with Crippen LogP contribution in [-0.2, 0) is 20.9 Å². The number of ether oxygens (including phenoxy) is 3. The Morgan fingerprint density at radius 3 is 2.61 bits per heavy atom. The van der Waals surface area contributed by atoms with E-state index in [1.165, 1.54) is 25.3 Å². The number of hydrogen-bond acceptors (Lipinski definition) is 6. The highest BCUT2D eigenvalue weighted by atomic mass is 35.5. The summed E-state index contributed by atoms with van der Waals surface area (Å²) in [5.74, 6) is -1.41. The second-order valence-electron chi connectivity index (χ2n) is 9.90. The molecule has 0 saturated carbocycles. The summed E-state index contributed by atoms with van der Waals surface area (Å²) < 4.78 is 30.0. The molecule has 2 aliphatic rings. The van der Waals surface area contributed by atoms with Gasteiger partial charge in [0.1, 0.15) is 29.8 Å². The number of nitrogens with one attached hydrogen (secondary N) is 1. The lowest BCUT2D eigenvalue weighted by molar-refractivity contribution is -0.144. The first-order valence-corrected chi connectivity index (χ1v) is 12.0. The molecular formula is C28H29ClFNO5. The monoisotopic (exact) mass is 513 g/mol. The first-order chi connectivity index (χ1) is 17.0. The Kier molecular flexibility index (Phi) is 7.14. The van der Waals surface area contributed by atoms with Gasteiger partial charge in [-0.1, -0.05) is 38.1 Å². The summed E-state index contributed by atoms with van der Waals surface area (Å²) >= 11 is 5.88. The van der Waals surface area contributed by atoms with Gasteiger partial charge in [0.15, 0.2) is 5.78 Å². The molecule has 2 unspecified atom stereocenters. The van der Waals surface area contributed by atoms with Gasteiger partial charge in [0, 0.05) is 40.9 Å². The Morgan fingerprint density at radius 1 is 1.19 bits per heavy atom. The molecule has 1 aliphatic carbocycles. The van der Waals surface area contributed by atoms with Gasteiger partial charge >= 0.3 is 5.97 Å². The van der Waals surface area contributed by atoms with Crippen molar-refractivity contribution in [3.8, 4) is 11.5 Å². The van der Waals surface area contributed by atoms with Gasteiger partial charge in [-0.3, -0.25) is 9.59 Å². The Morgan fingerprint density at radius 2 is 1.94 bits per heavy atom. The van der Waals surface area contributed by atoms with Crippen molar-refractivity contribution in [2.24, 2.45) is 11.3 Å². The molecule has 0 spiro atoms. The minimum Gasteiger partial charge on any atom is -0.496 e. The summed E-state index contributed by atoms with van der Waals surface area (Å²) in [5.41, 5.74) is 3.09. The fourth-order valence-electron chi connectivity index (χ4n) is 5.04. The Labute approximate surface area is 215 Å².